The molecule has 0 radical (unpaired) electrons. The highest BCUT2D eigenvalue weighted by molar-refractivity contribution is 7.91. The molecule has 0 atom stereocenters. The van der Waals surface area contributed by atoms with Gasteiger partial charge in [0.15, 0.2) is 0 Å². The second kappa shape index (κ2) is 10.9. The number of hydrogen-bond donors (Lipinski definition) is 0. The summed E-state index contributed by atoms with van der Waals surface area (Å²) in [6.07, 6.45) is 7.80. The third-order valence-electron chi connectivity index (χ3n) is 5.25. The van der Waals surface area contributed by atoms with Crippen LogP contribution in [0, 0.1) is 0 Å². The number of sulfone groups is 1. The van der Waals surface area contributed by atoms with Gasteiger partial charge in [-0.15, -0.1) is 0 Å². The van der Waals surface area contributed by atoms with Gasteiger partial charge in [-0.25, -0.2) is 8.42 Å². The molecule has 0 aliphatic rings. The Kier molecular flexibility index (Phi) is 7.48. The van der Waals surface area contributed by atoms with Gasteiger partial charge in [0, 0.05) is 11.1 Å². The molecule has 0 saturated heterocycles. The SMILES string of the molecule is C/C=C\c1ccccc1Oc1ccc(S(=O)(=O)c2ccc(Oc3ccccc3/C=C\C)cc2)cc1. The van der Waals surface area contributed by atoms with Crippen molar-refractivity contribution >= 4 is 22.0 Å². The summed E-state index contributed by atoms with van der Waals surface area (Å²) >= 11 is 0. The molecule has 35 heavy (non-hydrogen) atoms. The standard InChI is InChI=1S/C30H26O4S/c1-3-9-23-11-5-7-13-29(23)33-25-15-19-27(20-16-25)35(31,32)28-21-17-26(18-22-28)34-30-14-8-6-12-24(30)10-4-2/h3-22H,1-2H3/b9-3-,10-4-. The molecule has 0 unspecified atom stereocenters. The van der Waals surface area contributed by atoms with Gasteiger partial charge in [0.25, 0.3) is 0 Å². The molecule has 0 fully saturated rings. The maximum absolute atomic E-state index is 13.2. The van der Waals surface area contributed by atoms with Crippen LogP contribution in [-0.2, 0) is 9.84 Å². The van der Waals surface area contributed by atoms with Crippen LogP contribution < -0.4 is 9.47 Å². The van der Waals surface area contributed by atoms with E-state index in [1.54, 1.807) is 48.5 Å². The maximum atomic E-state index is 13.2. The zero-order chi connectivity index (χ0) is 24.7. The minimum atomic E-state index is -3.69. The lowest BCUT2D eigenvalue weighted by Gasteiger charge is -2.11. The molecule has 4 aromatic carbocycles. The molecule has 0 amide bonds. The van der Waals surface area contributed by atoms with Gasteiger partial charge < -0.3 is 9.47 Å². The molecule has 4 aromatic rings. The topological polar surface area (TPSA) is 52.6 Å². The molecule has 0 saturated carbocycles. The number of hydrogen-bond acceptors (Lipinski definition) is 4. The van der Waals surface area contributed by atoms with Crippen LogP contribution in [-0.4, -0.2) is 8.42 Å². The molecule has 0 spiro atoms. The van der Waals surface area contributed by atoms with Gasteiger partial charge >= 0.3 is 0 Å². The van der Waals surface area contributed by atoms with Crippen LogP contribution in [0.2, 0.25) is 0 Å². The fourth-order valence-corrected chi connectivity index (χ4v) is 4.81. The number of benzene rings is 4. The van der Waals surface area contributed by atoms with Crippen LogP contribution in [0.4, 0.5) is 0 Å². The van der Waals surface area contributed by atoms with Gasteiger partial charge in [0.2, 0.25) is 9.84 Å². The maximum Gasteiger partial charge on any atom is 0.206 e. The molecule has 0 aliphatic carbocycles. The first-order chi connectivity index (χ1) is 17.0. The van der Waals surface area contributed by atoms with Gasteiger partial charge in [0.05, 0.1) is 9.79 Å². The summed E-state index contributed by atoms with van der Waals surface area (Å²) < 4.78 is 38.2. The van der Waals surface area contributed by atoms with E-state index in [2.05, 4.69) is 0 Å². The van der Waals surface area contributed by atoms with Gasteiger partial charge in [0.1, 0.15) is 23.0 Å². The molecule has 0 heterocycles. The van der Waals surface area contributed by atoms with E-state index in [1.165, 1.54) is 0 Å². The van der Waals surface area contributed by atoms with E-state index in [4.69, 9.17) is 9.47 Å². The van der Waals surface area contributed by atoms with Crippen LogP contribution in [0.25, 0.3) is 12.2 Å². The smallest absolute Gasteiger partial charge is 0.206 e. The van der Waals surface area contributed by atoms with Crippen LogP contribution in [0.3, 0.4) is 0 Å². The van der Waals surface area contributed by atoms with Crippen LogP contribution in [0.15, 0.2) is 119 Å². The average molecular weight is 483 g/mol. The highest BCUT2D eigenvalue weighted by Gasteiger charge is 2.18. The fraction of sp³-hybridized carbons (Fsp3) is 0.0667. The van der Waals surface area contributed by atoms with Crippen molar-refractivity contribution in [2.75, 3.05) is 0 Å². The van der Waals surface area contributed by atoms with E-state index >= 15 is 0 Å². The van der Waals surface area contributed by atoms with Gasteiger partial charge in [-0.05, 0) is 74.5 Å². The number of ether oxygens (including phenoxy) is 2. The summed E-state index contributed by atoms with van der Waals surface area (Å²) in [5.41, 5.74) is 1.89. The summed E-state index contributed by atoms with van der Waals surface area (Å²) in [7, 11) is -3.69. The second-order valence-electron chi connectivity index (χ2n) is 7.73. The predicted molar refractivity (Wildman–Crippen MR) is 141 cm³/mol. The quantitative estimate of drug-likeness (QED) is 0.254. The summed E-state index contributed by atoms with van der Waals surface area (Å²) in [4.78, 5) is 0.386. The monoisotopic (exact) mass is 482 g/mol. The van der Waals surface area contributed by atoms with Gasteiger partial charge in [-0.1, -0.05) is 60.7 Å². The average Bonchev–Trinajstić information content (AvgIpc) is 2.87. The molecule has 5 heteroatoms. The highest BCUT2D eigenvalue weighted by atomic mass is 32.2. The fourth-order valence-electron chi connectivity index (χ4n) is 3.55. The van der Waals surface area contributed by atoms with E-state index in [-0.39, 0.29) is 9.79 Å². The molecule has 0 bridgehead atoms. The minimum absolute atomic E-state index is 0.193. The van der Waals surface area contributed by atoms with Crippen molar-refractivity contribution in [1.29, 1.82) is 0 Å². The van der Waals surface area contributed by atoms with E-state index in [0.29, 0.717) is 23.0 Å². The Balaban J connectivity index is 1.51. The molecular weight excluding hydrogens is 456 g/mol. The second-order valence-corrected chi connectivity index (χ2v) is 9.68. The van der Waals surface area contributed by atoms with Crippen molar-refractivity contribution in [2.45, 2.75) is 23.6 Å². The van der Waals surface area contributed by atoms with E-state index in [1.807, 2.05) is 86.7 Å². The van der Waals surface area contributed by atoms with Crippen molar-refractivity contribution in [3.8, 4) is 23.0 Å². The van der Waals surface area contributed by atoms with Crippen LogP contribution >= 0.6 is 0 Å². The molecular formula is C30H26O4S. The van der Waals surface area contributed by atoms with Gasteiger partial charge in [-0.2, -0.15) is 0 Å². The van der Waals surface area contributed by atoms with E-state index in [9.17, 15) is 8.42 Å². The van der Waals surface area contributed by atoms with Crippen molar-refractivity contribution in [3.63, 3.8) is 0 Å². The number of allylic oxidation sites excluding steroid dienone is 2. The Hall–Kier alpha value is -4.09. The Labute approximate surface area is 206 Å². The summed E-state index contributed by atoms with van der Waals surface area (Å²) in [6, 6.07) is 28.2. The molecule has 176 valence electrons. The molecule has 0 aromatic heterocycles. The van der Waals surface area contributed by atoms with E-state index < -0.39 is 9.84 Å². The Morgan fingerprint density at radius 1 is 0.543 bits per heavy atom. The summed E-state index contributed by atoms with van der Waals surface area (Å²) in [6.45, 7) is 3.88. The third kappa shape index (κ3) is 5.70. The lowest BCUT2D eigenvalue weighted by atomic mass is 10.2. The molecule has 4 nitrogen and oxygen atoms in total. The van der Waals surface area contributed by atoms with Crippen molar-refractivity contribution < 1.29 is 17.9 Å². The Morgan fingerprint density at radius 3 is 1.29 bits per heavy atom. The van der Waals surface area contributed by atoms with Gasteiger partial charge in [-0.3, -0.25) is 0 Å². The lowest BCUT2D eigenvalue weighted by Crippen LogP contribution is -2.02. The summed E-state index contributed by atoms with van der Waals surface area (Å²) in [5.74, 6) is 2.52. The molecule has 0 aliphatic heterocycles. The normalized spacial score (nSPS) is 11.7. The lowest BCUT2D eigenvalue weighted by molar-refractivity contribution is 0.481. The minimum Gasteiger partial charge on any atom is -0.457 e. The molecule has 4 rings (SSSR count). The predicted octanol–water partition coefficient (Wildman–Crippen LogP) is 8.17. The third-order valence-corrected chi connectivity index (χ3v) is 7.04. The first-order valence-corrected chi connectivity index (χ1v) is 12.7. The first-order valence-electron chi connectivity index (χ1n) is 11.3. The van der Waals surface area contributed by atoms with Crippen LogP contribution in [0.1, 0.15) is 25.0 Å². The number of rotatable bonds is 8. The van der Waals surface area contributed by atoms with E-state index in [0.717, 1.165) is 11.1 Å². The highest BCUT2D eigenvalue weighted by Crippen LogP contribution is 2.31. The molecule has 0 N–H and O–H groups in total. The zero-order valence-corrected chi connectivity index (χ0v) is 20.4. The number of para-hydroxylation sites is 2. The van der Waals surface area contributed by atoms with Crippen molar-refractivity contribution in [3.05, 3.63) is 120 Å². The Morgan fingerprint density at radius 2 is 0.914 bits per heavy atom. The zero-order valence-electron chi connectivity index (χ0n) is 19.6. The largest absolute Gasteiger partial charge is 0.457 e. The van der Waals surface area contributed by atoms with Crippen LogP contribution in [0.5, 0.6) is 23.0 Å². The van der Waals surface area contributed by atoms with Crippen molar-refractivity contribution in [1.82, 2.24) is 0 Å². The summed E-state index contributed by atoms with van der Waals surface area (Å²) in [5, 5.41) is 0. The Bertz CT molecular complexity index is 1340. The van der Waals surface area contributed by atoms with Crippen molar-refractivity contribution in [2.24, 2.45) is 0 Å². The first kappa shape index (κ1) is 24.0.